The molecule has 0 aliphatic heterocycles. The van der Waals surface area contributed by atoms with Crippen LogP contribution in [0.2, 0.25) is 0 Å². The molecule has 1 aromatic carbocycles. The summed E-state index contributed by atoms with van der Waals surface area (Å²) in [7, 11) is 4.38. The molecule has 0 saturated heterocycles. The minimum atomic E-state index is 0.133. The molecule has 3 nitrogen and oxygen atoms in total. The minimum Gasteiger partial charge on any atom is -0.321 e. The van der Waals surface area contributed by atoms with Gasteiger partial charge in [0.15, 0.2) is 6.54 Å². The number of amides is 1. The van der Waals surface area contributed by atoms with Crippen LogP contribution in [0.25, 0.3) is 0 Å². The molecule has 0 heterocycles. The number of nitrogens with one attached hydrogen (secondary N) is 1. The second kappa shape index (κ2) is 6.82. The van der Waals surface area contributed by atoms with E-state index in [1.165, 1.54) is 31.2 Å². The summed E-state index contributed by atoms with van der Waals surface area (Å²) in [5.74, 6) is 0.542. The highest BCUT2D eigenvalue weighted by atomic mass is 16.2. The number of hydrogen-bond acceptors (Lipinski definition) is 1. The lowest BCUT2D eigenvalue weighted by Crippen LogP contribution is -2.51. The van der Waals surface area contributed by atoms with Gasteiger partial charge in [0, 0.05) is 5.69 Å². The smallest absolute Gasteiger partial charge is 0.279 e. The predicted molar refractivity (Wildman–Crippen MR) is 93.1 cm³/mol. The summed E-state index contributed by atoms with van der Waals surface area (Å²) in [6.45, 7) is 6.96. The van der Waals surface area contributed by atoms with E-state index in [2.05, 4.69) is 58.4 Å². The summed E-state index contributed by atoms with van der Waals surface area (Å²) in [6.07, 6.45) is 5.12. The van der Waals surface area contributed by atoms with Crippen molar-refractivity contribution in [2.45, 2.75) is 58.4 Å². The number of likely N-dealkylation sites (N-methyl/N-ethyl adjacent to an activating group) is 1. The zero-order chi connectivity index (χ0) is 16.3. The van der Waals surface area contributed by atoms with Crippen LogP contribution in [0.1, 0.15) is 56.6 Å². The number of benzene rings is 1. The fourth-order valence-corrected chi connectivity index (χ4v) is 3.62. The largest absolute Gasteiger partial charge is 0.321 e. The molecular weight excluding hydrogens is 272 g/mol. The first-order valence-corrected chi connectivity index (χ1v) is 8.53. The molecule has 2 rings (SSSR count). The van der Waals surface area contributed by atoms with Crippen molar-refractivity contribution in [3.8, 4) is 0 Å². The molecule has 0 spiro atoms. The number of nitrogens with zero attached hydrogens (tertiary/aromatic N) is 1. The fourth-order valence-electron chi connectivity index (χ4n) is 3.62. The van der Waals surface area contributed by atoms with Gasteiger partial charge in [0.2, 0.25) is 0 Å². The number of para-hydroxylation sites is 1. The van der Waals surface area contributed by atoms with E-state index in [9.17, 15) is 4.79 Å². The molecule has 1 aromatic rings. The Morgan fingerprint density at radius 3 is 2.50 bits per heavy atom. The van der Waals surface area contributed by atoms with Crippen molar-refractivity contribution in [2.75, 3.05) is 26.0 Å². The van der Waals surface area contributed by atoms with Gasteiger partial charge in [0.05, 0.1) is 20.1 Å². The summed E-state index contributed by atoms with van der Waals surface area (Å²) in [5, 5.41) is 3.19. The zero-order valence-electron chi connectivity index (χ0n) is 14.8. The van der Waals surface area contributed by atoms with E-state index in [1.54, 1.807) is 0 Å². The number of carbonyl (C=O) groups is 1. The topological polar surface area (TPSA) is 29.1 Å². The molecule has 0 bridgehead atoms. The van der Waals surface area contributed by atoms with Crippen LogP contribution < -0.4 is 5.32 Å². The first-order valence-electron chi connectivity index (χ1n) is 8.53. The monoisotopic (exact) mass is 303 g/mol. The Balaban J connectivity index is 2.09. The van der Waals surface area contributed by atoms with E-state index >= 15 is 0 Å². The third kappa shape index (κ3) is 3.89. The number of quaternary nitrogens is 1. The van der Waals surface area contributed by atoms with Crippen LogP contribution in [0.15, 0.2) is 18.2 Å². The summed E-state index contributed by atoms with van der Waals surface area (Å²) >= 11 is 0. The van der Waals surface area contributed by atoms with E-state index < -0.39 is 0 Å². The quantitative estimate of drug-likeness (QED) is 0.816. The Hall–Kier alpha value is -1.35. The normalized spacial score (nSPS) is 16.3. The van der Waals surface area contributed by atoms with Crippen molar-refractivity contribution >= 4 is 11.6 Å². The molecule has 1 fully saturated rings. The fraction of sp³-hybridized carbons (Fsp3) is 0.632. The summed E-state index contributed by atoms with van der Waals surface area (Å²) < 4.78 is 0.800. The summed E-state index contributed by atoms with van der Waals surface area (Å²) in [5.41, 5.74) is 3.37. The van der Waals surface area contributed by atoms with Gasteiger partial charge >= 0.3 is 0 Å². The lowest BCUT2D eigenvalue weighted by Gasteiger charge is -2.35. The Morgan fingerprint density at radius 2 is 1.91 bits per heavy atom. The summed E-state index contributed by atoms with van der Waals surface area (Å²) in [6, 6.07) is 6.88. The van der Waals surface area contributed by atoms with Gasteiger partial charge in [0.25, 0.3) is 5.91 Å². The first kappa shape index (κ1) is 17.0. The van der Waals surface area contributed by atoms with Crippen LogP contribution in [0.3, 0.4) is 0 Å². The number of carbonyl (C=O) groups excluding carboxylic acids is 1. The van der Waals surface area contributed by atoms with E-state index in [4.69, 9.17) is 0 Å². The Kier molecular flexibility index (Phi) is 5.28. The average molecular weight is 303 g/mol. The van der Waals surface area contributed by atoms with Crippen LogP contribution in [0.5, 0.6) is 0 Å². The summed E-state index contributed by atoms with van der Waals surface area (Å²) in [4.78, 5) is 12.6. The molecule has 0 radical (unpaired) electrons. The number of anilines is 1. The molecular formula is C19H31N2O+. The van der Waals surface area contributed by atoms with Crippen molar-refractivity contribution in [1.29, 1.82) is 0 Å². The van der Waals surface area contributed by atoms with Gasteiger partial charge in [-0.15, -0.1) is 0 Å². The van der Waals surface area contributed by atoms with E-state index in [0.29, 0.717) is 18.5 Å². The molecule has 1 saturated carbocycles. The van der Waals surface area contributed by atoms with Crippen LogP contribution >= 0.6 is 0 Å². The van der Waals surface area contributed by atoms with Gasteiger partial charge in [-0.3, -0.25) is 4.79 Å². The Labute approximate surface area is 135 Å². The van der Waals surface area contributed by atoms with Gasteiger partial charge in [-0.1, -0.05) is 32.0 Å². The molecule has 22 heavy (non-hydrogen) atoms. The molecule has 1 amide bonds. The first-order chi connectivity index (χ1) is 10.3. The zero-order valence-corrected chi connectivity index (χ0v) is 14.8. The SMILES string of the molecule is Cc1cccc(C(C)C)c1NC(=O)C[N+](C)(C)C1CCCC1. The molecule has 1 aliphatic carbocycles. The third-order valence-corrected chi connectivity index (χ3v) is 5.06. The predicted octanol–water partition coefficient (Wildman–Crippen LogP) is 4.08. The molecule has 0 atom stereocenters. The van der Waals surface area contributed by atoms with Crippen LogP contribution in [-0.2, 0) is 4.79 Å². The van der Waals surface area contributed by atoms with Crippen LogP contribution in [0.4, 0.5) is 5.69 Å². The maximum absolute atomic E-state index is 12.6. The van der Waals surface area contributed by atoms with Crippen molar-refractivity contribution in [1.82, 2.24) is 0 Å². The molecule has 122 valence electrons. The van der Waals surface area contributed by atoms with Crippen molar-refractivity contribution < 1.29 is 9.28 Å². The van der Waals surface area contributed by atoms with Crippen LogP contribution in [-0.4, -0.2) is 37.1 Å². The van der Waals surface area contributed by atoms with Crippen molar-refractivity contribution in [3.63, 3.8) is 0 Å². The highest BCUT2D eigenvalue weighted by Crippen LogP contribution is 2.29. The van der Waals surface area contributed by atoms with Gasteiger partial charge in [-0.05, 0) is 49.7 Å². The van der Waals surface area contributed by atoms with Crippen LogP contribution in [0, 0.1) is 6.92 Å². The number of rotatable bonds is 5. The van der Waals surface area contributed by atoms with E-state index in [0.717, 1.165) is 15.7 Å². The highest BCUT2D eigenvalue weighted by molar-refractivity contribution is 5.93. The minimum absolute atomic E-state index is 0.133. The third-order valence-electron chi connectivity index (χ3n) is 5.06. The molecule has 3 heteroatoms. The molecule has 0 unspecified atom stereocenters. The number of aryl methyl sites for hydroxylation is 1. The Morgan fingerprint density at radius 1 is 1.27 bits per heavy atom. The Bertz CT molecular complexity index is 528. The highest BCUT2D eigenvalue weighted by Gasteiger charge is 2.33. The van der Waals surface area contributed by atoms with E-state index in [-0.39, 0.29) is 5.91 Å². The van der Waals surface area contributed by atoms with Gasteiger partial charge in [-0.2, -0.15) is 0 Å². The molecule has 0 aromatic heterocycles. The van der Waals surface area contributed by atoms with E-state index in [1.807, 2.05) is 0 Å². The van der Waals surface area contributed by atoms with Crippen molar-refractivity contribution in [3.05, 3.63) is 29.3 Å². The maximum atomic E-state index is 12.6. The molecule has 1 aliphatic rings. The molecule has 1 N–H and O–H groups in total. The lowest BCUT2D eigenvalue weighted by atomic mass is 9.98. The van der Waals surface area contributed by atoms with Gasteiger partial charge in [0.1, 0.15) is 0 Å². The maximum Gasteiger partial charge on any atom is 0.279 e. The van der Waals surface area contributed by atoms with Crippen molar-refractivity contribution in [2.24, 2.45) is 0 Å². The average Bonchev–Trinajstić information content (AvgIpc) is 2.95. The lowest BCUT2D eigenvalue weighted by molar-refractivity contribution is -0.906. The van der Waals surface area contributed by atoms with Gasteiger partial charge < -0.3 is 9.80 Å². The standard InChI is InChI=1S/C19H30N2O/c1-14(2)17-12-8-9-15(3)19(17)20-18(22)13-21(4,5)16-10-6-7-11-16/h8-9,12,14,16H,6-7,10-11,13H2,1-5H3/p+1. The number of hydrogen-bond donors (Lipinski definition) is 1. The van der Waals surface area contributed by atoms with Gasteiger partial charge in [-0.25, -0.2) is 0 Å². The second-order valence-corrected chi connectivity index (χ2v) is 7.62. The second-order valence-electron chi connectivity index (χ2n) is 7.62.